The van der Waals surface area contributed by atoms with Crippen LogP contribution >= 0.6 is 0 Å². The van der Waals surface area contributed by atoms with Crippen LogP contribution in [0, 0.1) is 6.92 Å². The number of carboxylic acid groups (broad SMARTS) is 1. The van der Waals surface area contributed by atoms with E-state index in [0.29, 0.717) is 0 Å². The topological polar surface area (TPSA) is 66.0 Å². The van der Waals surface area contributed by atoms with E-state index in [1.54, 1.807) is 5.10 Å². The fourth-order valence-electron chi connectivity index (χ4n) is 1.23. The van der Waals surface area contributed by atoms with Gasteiger partial charge in [0.15, 0.2) is 5.69 Å². The molecule has 1 rings (SSSR count). The lowest BCUT2D eigenvalue weighted by atomic mass is 10.1. The van der Waals surface area contributed by atoms with Crippen LogP contribution in [0.1, 0.15) is 21.7 Å². The molecular formula is C8H7F5N2O2. The molecule has 2 N–H and O–H groups in total. The maximum atomic E-state index is 13.2. The number of H-pyrrole nitrogens is 1. The Balaban J connectivity index is 3.20. The molecule has 0 aliphatic heterocycles. The molecule has 0 saturated carbocycles. The number of aromatic amines is 1. The van der Waals surface area contributed by atoms with Gasteiger partial charge in [-0.15, -0.1) is 0 Å². The smallest absolute Gasteiger partial charge is 0.356 e. The molecule has 0 radical (unpaired) electrons. The summed E-state index contributed by atoms with van der Waals surface area (Å²) in [6.07, 6.45) is -7.62. The van der Waals surface area contributed by atoms with Crippen LogP contribution in [-0.4, -0.2) is 33.9 Å². The number of hydrogen-bond donors (Lipinski definition) is 2. The third kappa shape index (κ3) is 2.22. The molecule has 4 nitrogen and oxygen atoms in total. The fraction of sp³-hybridized carbons (Fsp3) is 0.500. The Morgan fingerprint density at radius 3 is 2.29 bits per heavy atom. The number of nitrogens with zero attached hydrogens (tertiary/aromatic N) is 1. The molecule has 0 bridgehead atoms. The van der Waals surface area contributed by atoms with E-state index in [1.807, 2.05) is 0 Å². The van der Waals surface area contributed by atoms with Gasteiger partial charge < -0.3 is 5.11 Å². The summed E-state index contributed by atoms with van der Waals surface area (Å²) in [7, 11) is 0. The summed E-state index contributed by atoms with van der Waals surface area (Å²) in [4.78, 5) is 10.5. The van der Waals surface area contributed by atoms with Crippen molar-refractivity contribution in [2.24, 2.45) is 0 Å². The van der Waals surface area contributed by atoms with Gasteiger partial charge in [-0.25, -0.2) is 18.0 Å². The third-order valence-corrected chi connectivity index (χ3v) is 2.11. The van der Waals surface area contributed by atoms with Crippen LogP contribution in [0.4, 0.5) is 22.0 Å². The summed E-state index contributed by atoms with van der Waals surface area (Å²) in [6.45, 7) is 0.925. The van der Waals surface area contributed by atoms with Crippen molar-refractivity contribution in [2.75, 3.05) is 0 Å². The summed E-state index contributed by atoms with van der Waals surface area (Å²) < 4.78 is 62.9. The first-order valence-electron chi connectivity index (χ1n) is 4.28. The van der Waals surface area contributed by atoms with Crippen LogP contribution in [0.25, 0.3) is 0 Å². The number of aromatic nitrogens is 2. The Morgan fingerprint density at radius 1 is 1.41 bits per heavy atom. The Labute approximate surface area is 91.4 Å². The highest BCUT2D eigenvalue weighted by molar-refractivity contribution is 5.87. The van der Waals surface area contributed by atoms with E-state index in [-0.39, 0.29) is 0 Å². The Morgan fingerprint density at radius 2 is 1.94 bits per heavy atom. The van der Waals surface area contributed by atoms with Crippen molar-refractivity contribution in [3.05, 3.63) is 17.0 Å². The molecule has 1 aromatic rings. The highest BCUT2D eigenvalue weighted by Gasteiger charge is 2.50. The van der Waals surface area contributed by atoms with E-state index in [9.17, 15) is 26.7 Å². The monoisotopic (exact) mass is 258 g/mol. The van der Waals surface area contributed by atoms with Crippen molar-refractivity contribution >= 4 is 5.97 Å². The predicted molar refractivity (Wildman–Crippen MR) is 45.1 cm³/mol. The second kappa shape index (κ2) is 4.30. The van der Waals surface area contributed by atoms with Crippen LogP contribution in [0.15, 0.2) is 0 Å². The zero-order chi connectivity index (χ0) is 13.4. The zero-order valence-electron chi connectivity index (χ0n) is 8.35. The van der Waals surface area contributed by atoms with E-state index < -0.39 is 41.4 Å². The largest absolute Gasteiger partial charge is 0.476 e. The average molecular weight is 258 g/mol. The quantitative estimate of drug-likeness (QED) is 0.813. The first-order valence-corrected chi connectivity index (χ1v) is 4.28. The summed E-state index contributed by atoms with van der Waals surface area (Å²) in [5.74, 6) is -6.15. The highest BCUT2D eigenvalue weighted by Crippen LogP contribution is 2.37. The lowest BCUT2D eigenvalue weighted by Crippen LogP contribution is -2.34. The molecule has 0 amide bonds. The summed E-state index contributed by atoms with van der Waals surface area (Å²) >= 11 is 0. The molecule has 1 aromatic heterocycles. The van der Waals surface area contributed by atoms with Crippen LogP contribution in [0.2, 0.25) is 0 Å². The van der Waals surface area contributed by atoms with E-state index in [4.69, 9.17) is 5.11 Å². The SMILES string of the molecule is Cc1c(C(=O)O)n[nH]c1C(F)(F)C(F)C(F)F. The number of nitrogens with one attached hydrogen (secondary N) is 1. The molecule has 0 aliphatic rings. The van der Waals surface area contributed by atoms with Crippen molar-refractivity contribution in [1.82, 2.24) is 10.2 Å². The molecule has 9 heteroatoms. The van der Waals surface area contributed by atoms with Gasteiger partial charge in [-0.1, -0.05) is 0 Å². The first-order chi connectivity index (χ1) is 7.69. The van der Waals surface area contributed by atoms with Crippen LogP contribution in [0.3, 0.4) is 0 Å². The normalized spacial score (nSPS) is 14.1. The number of hydrogen-bond acceptors (Lipinski definition) is 2. The molecule has 0 saturated heterocycles. The van der Waals surface area contributed by atoms with Crippen molar-refractivity contribution in [3.8, 4) is 0 Å². The lowest BCUT2D eigenvalue weighted by molar-refractivity contribution is -0.136. The molecule has 1 atom stereocenters. The highest BCUT2D eigenvalue weighted by atomic mass is 19.3. The number of halogens is 5. The maximum absolute atomic E-state index is 13.2. The van der Waals surface area contributed by atoms with Crippen LogP contribution < -0.4 is 0 Å². The van der Waals surface area contributed by atoms with Gasteiger partial charge in [0.1, 0.15) is 5.69 Å². The number of rotatable bonds is 4. The summed E-state index contributed by atoms with van der Waals surface area (Å²) in [5, 5.41) is 13.1. The standard InChI is InChI=1S/C8H7F5N2O2/c1-2-3(7(16)17)14-15-5(2)8(12,13)4(9)6(10)11/h4,6H,1H3,(H,14,15)(H,16,17). The van der Waals surface area contributed by atoms with Gasteiger partial charge >= 0.3 is 11.9 Å². The molecular weight excluding hydrogens is 251 g/mol. The van der Waals surface area contributed by atoms with Crippen molar-refractivity contribution in [2.45, 2.75) is 25.4 Å². The first kappa shape index (κ1) is 13.4. The Bertz CT molecular complexity index is 432. The second-order valence-corrected chi connectivity index (χ2v) is 3.24. The van der Waals surface area contributed by atoms with E-state index in [0.717, 1.165) is 6.92 Å². The van der Waals surface area contributed by atoms with Gasteiger partial charge in [0.25, 0.3) is 6.43 Å². The maximum Gasteiger partial charge on any atom is 0.356 e. The van der Waals surface area contributed by atoms with Gasteiger partial charge in [0, 0.05) is 5.56 Å². The number of carboxylic acids is 1. The fourth-order valence-corrected chi connectivity index (χ4v) is 1.23. The zero-order valence-corrected chi connectivity index (χ0v) is 8.35. The Hall–Kier alpha value is -1.67. The predicted octanol–water partition coefficient (Wildman–Crippen LogP) is 2.11. The van der Waals surface area contributed by atoms with Crippen LogP contribution in [-0.2, 0) is 5.92 Å². The molecule has 1 unspecified atom stereocenters. The summed E-state index contributed by atoms with van der Waals surface area (Å²) in [6, 6.07) is 0. The van der Waals surface area contributed by atoms with Crippen molar-refractivity contribution < 1.29 is 31.9 Å². The minimum absolute atomic E-state index is 0.578. The van der Waals surface area contributed by atoms with Gasteiger partial charge in [-0.2, -0.15) is 13.9 Å². The van der Waals surface area contributed by atoms with Gasteiger partial charge in [-0.3, -0.25) is 5.10 Å². The number of alkyl halides is 5. The van der Waals surface area contributed by atoms with Crippen molar-refractivity contribution in [3.63, 3.8) is 0 Å². The molecule has 0 aromatic carbocycles. The van der Waals surface area contributed by atoms with Gasteiger partial charge in [0.2, 0.25) is 6.17 Å². The minimum Gasteiger partial charge on any atom is -0.476 e. The molecule has 1 heterocycles. The molecule has 0 spiro atoms. The lowest BCUT2D eigenvalue weighted by Gasteiger charge is -2.19. The summed E-state index contributed by atoms with van der Waals surface area (Å²) in [5.41, 5.74) is -2.60. The van der Waals surface area contributed by atoms with E-state index in [1.165, 1.54) is 0 Å². The van der Waals surface area contributed by atoms with Gasteiger partial charge in [-0.05, 0) is 6.92 Å². The number of carbonyl (C=O) groups is 1. The van der Waals surface area contributed by atoms with Gasteiger partial charge in [0.05, 0.1) is 0 Å². The van der Waals surface area contributed by atoms with Crippen molar-refractivity contribution in [1.29, 1.82) is 0 Å². The molecule has 0 aliphatic carbocycles. The van der Waals surface area contributed by atoms with E-state index >= 15 is 0 Å². The Kier molecular flexibility index (Phi) is 3.39. The molecule has 96 valence electrons. The molecule has 0 fully saturated rings. The second-order valence-electron chi connectivity index (χ2n) is 3.24. The van der Waals surface area contributed by atoms with Crippen LogP contribution in [0.5, 0.6) is 0 Å². The molecule has 17 heavy (non-hydrogen) atoms. The number of aromatic carboxylic acids is 1. The van der Waals surface area contributed by atoms with E-state index in [2.05, 4.69) is 5.10 Å². The average Bonchev–Trinajstić information content (AvgIpc) is 2.59. The third-order valence-electron chi connectivity index (χ3n) is 2.11. The minimum atomic E-state index is -4.53.